The third-order valence-electron chi connectivity index (χ3n) is 6.60. The van der Waals surface area contributed by atoms with Crippen LogP contribution < -0.4 is 9.62 Å². The molecule has 31 heavy (non-hydrogen) atoms. The van der Waals surface area contributed by atoms with Crippen molar-refractivity contribution in [3.05, 3.63) is 59.4 Å². The molecule has 162 valence electrons. The van der Waals surface area contributed by atoms with Gasteiger partial charge in [-0.05, 0) is 73.4 Å². The molecule has 0 saturated carbocycles. The number of piperidine rings is 1. The minimum Gasteiger partial charge on any atom is -0.368 e. The second-order valence-electron chi connectivity index (χ2n) is 8.56. The average Bonchev–Trinajstić information content (AvgIpc) is 2.81. The minimum atomic E-state index is -0.424. The fraction of sp³-hybridized carbons (Fsp3) is 0.423. The Balaban J connectivity index is 1.93. The number of fused-ring (bicyclic) bond motifs is 5. The highest BCUT2D eigenvalue weighted by Crippen LogP contribution is 2.40. The number of hydrogen-bond acceptors (Lipinski definition) is 4. The molecule has 0 amide bonds. The van der Waals surface area contributed by atoms with Crippen molar-refractivity contribution in [2.24, 2.45) is 0 Å². The topological polar surface area (TPSA) is 39.1 Å². The van der Waals surface area contributed by atoms with Gasteiger partial charge in [-0.3, -0.25) is 0 Å². The molecular formula is C26H30FN3S. The van der Waals surface area contributed by atoms with Crippen molar-refractivity contribution in [2.45, 2.75) is 57.4 Å². The molecule has 2 aliphatic heterocycles. The summed E-state index contributed by atoms with van der Waals surface area (Å²) in [5, 5.41) is 9.55. The predicted molar refractivity (Wildman–Crippen MR) is 129 cm³/mol. The molecule has 2 aromatic rings. The van der Waals surface area contributed by atoms with E-state index in [1.807, 2.05) is 6.26 Å². The van der Waals surface area contributed by atoms with Gasteiger partial charge in [-0.2, -0.15) is 5.26 Å². The van der Waals surface area contributed by atoms with Crippen LogP contribution in [0, 0.1) is 17.1 Å². The Labute approximate surface area is 189 Å². The maximum Gasteiger partial charge on any atom is 0.143 e. The summed E-state index contributed by atoms with van der Waals surface area (Å²) < 4.78 is 18.1. The van der Waals surface area contributed by atoms with Crippen molar-refractivity contribution in [2.75, 3.05) is 17.7 Å². The summed E-state index contributed by atoms with van der Waals surface area (Å²) in [4.78, 5) is 2.42. The highest BCUT2D eigenvalue weighted by molar-refractivity contribution is 7.97. The quantitative estimate of drug-likeness (QED) is 0.546. The molecule has 2 aromatic carbocycles. The second kappa shape index (κ2) is 9.78. The summed E-state index contributed by atoms with van der Waals surface area (Å²) >= 11 is 1.52. The molecule has 1 N–H and O–H groups in total. The zero-order valence-corrected chi connectivity index (χ0v) is 19.0. The molecule has 1 atom stereocenters. The third-order valence-corrected chi connectivity index (χ3v) is 7.05. The molecule has 1 unspecified atom stereocenters. The second-order valence-corrected chi connectivity index (χ2v) is 9.17. The third kappa shape index (κ3) is 4.60. The lowest BCUT2D eigenvalue weighted by atomic mass is 9.90. The van der Waals surface area contributed by atoms with E-state index >= 15 is 0 Å². The zero-order chi connectivity index (χ0) is 21.8. The Morgan fingerprint density at radius 3 is 2.71 bits per heavy atom. The van der Waals surface area contributed by atoms with Crippen molar-refractivity contribution in [1.82, 2.24) is 4.72 Å². The number of halogens is 1. The number of benzene rings is 2. The standard InChI is InChI=1S/C26H30FN3S/c1-18(29-31-2)20-12-11-19-8-4-3-5-9-22-10-6-7-13-30(22)26-16-25(27)21(17-28)15-24(26)23(19)14-20/h11-12,14-16,22,29H,1,3-10,13H2,2H3. The number of anilines is 1. The van der Waals surface area contributed by atoms with E-state index in [4.69, 9.17) is 0 Å². The van der Waals surface area contributed by atoms with E-state index in [0.29, 0.717) is 6.04 Å². The van der Waals surface area contributed by atoms with Crippen molar-refractivity contribution in [3.8, 4) is 17.2 Å². The highest BCUT2D eigenvalue weighted by Gasteiger charge is 2.27. The Bertz CT molecular complexity index is 1010. The predicted octanol–water partition coefficient (Wildman–Crippen LogP) is 6.68. The molecule has 3 nitrogen and oxygen atoms in total. The number of rotatable bonds is 3. The van der Waals surface area contributed by atoms with Gasteiger partial charge in [0.05, 0.1) is 5.56 Å². The van der Waals surface area contributed by atoms with Gasteiger partial charge in [-0.15, -0.1) is 0 Å². The number of nitrogens with zero attached hydrogens (tertiary/aromatic N) is 2. The Kier molecular flexibility index (Phi) is 6.87. The molecule has 4 rings (SSSR count). The summed E-state index contributed by atoms with van der Waals surface area (Å²) in [5.41, 5.74) is 6.24. The van der Waals surface area contributed by atoms with Crippen LogP contribution in [-0.2, 0) is 6.42 Å². The molecule has 5 heteroatoms. The number of nitriles is 1. The summed E-state index contributed by atoms with van der Waals surface area (Å²) in [6.45, 7) is 5.11. The Morgan fingerprint density at radius 2 is 1.94 bits per heavy atom. The van der Waals surface area contributed by atoms with Crippen LogP contribution in [0.4, 0.5) is 10.1 Å². The van der Waals surface area contributed by atoms with Gasteiger partial charge in [0.1, 0.15) is 11.9 Å². The van der Waals surface area contributed by atoms with E-state index in [9.17, 15) is 9.65 Å². The van der Waals surface area contributed by atoms with Crippen molar-refractivity contribution >= 4 is 23.3 Å². The molecule has 1 fully saturated rings. The number of nitrogens with one attached hydrogen (secondary N) is 1. The van der Waals surface area contributed by atoms with E-state index in [1.165, 1.54) is 36.8 Å². The molecule has 0 radical (unpaired) electrons. The molecule has 2 aliphatic rings. The maximum absolute atomic E-state index is 14.8. The van der Waals surface area contributed by atoms with Crippen LogP contribution in [0.1, 0.15) is 61.6 Å². The van der Waals surface area contributed by atoms with Crippen LogP contribution in [0.3, 0.4) is 0 Å². The van der Waals surface area contributed by atoms with Crippen LogP contribution in [-0.4, -0.2) is 18.8 Å². The van der Waals surface area contributed by atoms with Crippen LogP contribution in [0.5, 0.6) is 0 Å². The molecule has 0 spiro atoms. The molecular weight excluding hydrogens is 405 g/mol. The van der Waals surface area contributed by atoms with E-state index in [1.54, 1.807) is 12.1 Å². The smallest absolute Gasteiger partial charge is 0.143 e. The van der Waals surface area contributed by atoms with E-state index < -0.39 is 5.82 Å². The normalized spacial score (nSPS) is 18.6. The largest absolute Gasteiger partial charge is 0.368 e. The first-order valence-electron chi connectivity index (χ1n) is 11.2. The first kappa shape index (κ1) is 21.8. The summed E-state index contributed by atoms with van der Waals surface area (Å²) in [5.74, 6) is -0.424. The first-order valence-corrected chi connectivity index (χ1v) is 12.5. The van der Waals surface area contributed by atoms with E-state index in [2.05, 4.69) is 40.5 Å². The molecule has 2 heterocycles. The van der Waals surface area contributed by atoms with Gasteiger partial charge in [0.25, 0.3) is 0 Å². The lowest BCUT2D eigenvalue weighted by molar-refractivity contribution is 0.422. The van der Waals surface area contributed by atoms with Gasteiger partial charge in [-0.1, -0.05) is 43.5 Å². The van der Waals surface area contributed by atoms with Crippen molar-refractivity contribution in [1.29, 1.82) is 5.26 Å². The average molecular weight is 436 g/mol. The van der Waals surface area contributed by atoms with Crippen LogP contribution >= 0.6 is 11.9 Å². The molecule has 0 aromatic heterocycles. The van der Waals surface area contributed by atoms with E-state index in [0.717, 1.165) is 66.7 Å². The van der Waals surface area contributed by atoms with Crippen LogP contribution in [0.25, 0.3) is 16.8 Å². The summed E-state index contributed by atoms with van der Waals surface area (Å²) in [6, 6.07) is 12.3. The first-order chi connectivity index (χ1) is 15.1. The minimum absolute atomic E-state index is 0.111. The highest BCUT2D eigenvalue weighted by atomic mass is 32.2. The zero-order valence-electron chi connectivity index (χ0n) is 18.2. The van der Waals surface area contributed by atoms with Gasteiger partial charge in [0.2, 0.25) is 0 Å². The maximum atomic E-state index is 14.8. The summed E-state index contributed by atoms with van der Waals surface area (Å²) in [6.07, 6.45) is 11.2. The Hall–Kier alpha value is -2.45. The van der Waals surface area contributed by atoms with E-state index in [-0.39, 0.29) is 5.56 Å². The monoisotopic (exact) mass is 435 g/mol. The van der Waals surface area contributed by atoms with Crippen molar-refractivity contribution in [3.63, 3.8) is 0 Å². The SMILES string of the molecule is C=C(NSC)c1ccc2c(c1)-c1cc(C#N)c(F)cc1N1CCCCC1CCCCC2. The lowest BCUT2D eigenvalue weighted by Crippen LogP contribution is -2.40. The van der Waals surface area contributed by atoms with Gasteiger partial charge in [0.15, 0.2) is 0 Å². The molecule has 0 aliphatic carbocycles. The van der Waals surface area contributed by atoms with Crippen LogP contribution in [0.2, 0.25) is 0 Å². The van der Waals surface area contributed by atoms with Crippen molar-refractivity contribution < 1.29 is 4.39 Å². The van der Waals surface area contributed by atoms with Gasteiger partial charge in [-0.25, -0.2) is 4.39 Å². The van der Waals surface area contributed by atoms with Crippen LogP contribution in [0.15, 0.2) is 36.9 Å². The lowest BCUT2D eigenvalue weighted by Gasteiger charge is -2.39. The number of hydrogen-bond donors (Lipinski definition) is 1. The van der Waals surface area contributed by atoms with Gasteiger partial charge < -0.3 is 9.62 Å². The Morgan fingerprint density at radius 1 is 1.13 bits per heavy atom. The fourth-order valence-corrected chi connectivity index (χ4v) is 5.37. The number of aryl methyl sites for hydroxylation is 1. The molecule has 0 bridgehead atoms. The van der Waals surface area contributed by atoms with Gasteiger partial charge in [0, 0.05) is 35.8 Å². The fourth-order valence-electron chi connectivity index (χ4n) is 5.01. The molecule has 1 saturated heterocycles. The summed E-state index contributed by atoms with van der Waals surface area (Å²) in [7, 11) is 0. The van der Waals surface area contributed by atoms with Gasteiger partial charge >= 0.3 is 0 Å².